The van der Waals surface area contributed by atoms with Crippen molar-refractivity contribution in [3.05, 3.63) is 42.4 Å². The summed E-state index contributed by atoms with van der Waals surface area (Å²) >= 11 is 0. The summed E-state index contributed by atoms with van der Waals surface area (Å²) in [7, 11) is 4.91. The predicted molar refractivity (Wildman–Crippen MR) is 113 cm³/mol. The highest BCUT2D eigenvalue weighted by Crippen LogP contribution is 2.33. The second kappa shape index (κ2) is 8.40. The van der Waals surface area contributed by atoms with Crippen molar-refractivity contribution in [2.75, 3.05) is 37.5 Å². The Kier molecular flexibility index (Phi) is 5.51. The van der Waals surface area contributed by atoms with E-state index in [-0.39, 0.29) is 5.91 Å². The van der Waals surface area contributed by atoms with Gasteiger partial charge in [0.1, 0.15) is 17.2 Å². The molecule has 1 N–H and O–H groups in total. The molecule has 1 saturated heterocycles. The van der Waals surface area contributed by atoms with Gasteiger partial charge in [0.2, 0.25) is 5.95 Å². The largest absolute Gasteiger partial charge is 0.497 e. The Morgan fingerprint density at radius 3 is 2.47 bits per heavy atom. The third-order valence-electron chi connectivity index (χ3n) is 5.08. The summed E-state index contributed by atoms with van der Waals surface area (Å²) < 4.78 is 12.3. The topological polar surface area (TPSA) is 94.4 Å². The van der Waals surface area contributed by atoms with E-state index in [4.69, 9.17) is 9.47 Å². The summed E-state index contributed by atoms with van der Waals surface area (Å²) in [5, 5.41) is 7.31. The van der Waals surface area contributed by atoms with E-state index < -0.39 is 0 Å². The number of nitrogens with zero attached hydrogens (tertiary/aromatic N) is 5. The third kappa shape index (κ3) is 3.91. The molecule has 0 unspecified atom stereocenters. The van der Waals surface area contributed by atoms with Crippen molar-refractivity contribution in [3.63, 3.8) is 0 Å². The Bertz CT molecular complexity index is 1040. The van der Waals surface area contributed by atoms with Crippen LogP contribution >= 0.6 is 0 Å². The van der Waals surface area contributed by atoms with Crippen LogP contribution in [0.1, 0.15) is 23.3 Å². The molecule has 156 valence electrons. The first kappa shape index (κ1) is 19.7. The van der Waals surface area contributed by atoms with Crippen molar-refractivity contribution in [2.24, 2.45) is 7.05 Å². The van der Waals surface area contributed by atoms with E-state index in [1.807, 2.05) is 18.2 Å². The molecule has 1 aliphatic heterocycles. The van der Waals surface area contributed by atoms with Gasteiger partial charge >= 0.3 is 0 Å². The number of hydrogen-bond donors (Lipinski definition) is 1. The fourth-order valence-corrected chi connectivity index (χ4v) is 3.49. The van der Waals surface area contributed by atoms with Gasteiger partial charge in [-0.1, -0.05) is 0 Å². The Morgan fingerprint density at radius 2 is 1.80 bits per heavy atom. The molecule has 4 rings (SSSR count). The van der Waals surface area contributed by atoms with Gasteiger partial charge in [-0.25, -0.2) is 9.97 Å². The number of amides is 1. The van der Waals surface area contributed by atoms with Gasteiger partial charge in [0.05, 0.1) is 38.0 Å². The molecule has 1 aliphatic rings. The number of aromatic nitrogens is 4. The van der Waals surface area contributed by atoms with Crippen LogP contribution in [-0.4, -0.2) is 53.0 Å². The van der Waals surface area contributed by atoms with Crippen molar-refractivity contribution >= 4 is 17.5 Å². The molecule has 1 fully saturated rings. The predicted octanol–water partition coefficient (Wildman–Crippen LogP) is 2.75. The van der Waals surface area contributed by atoms with E-state index in [9.17, 15) is 4.79 Å². The number of hydrogen-bond acceptors (Lipinski definition) is 7. The normalized spacial score (nSPS) is 13.4. The standard InChI is InChI=1S/C21H24N6O3/c1-26-18(11-17(25-26)16-10-15(29-2)6-7-19(16)30-3)20(28)24-14-12-22-21(23-13-14)27-8-4-5-9-27/h6-7,10-13H,4-5,8-9H2,1-3H3,(H,24,28). The van der Waals surface area contributed by atoms with Gasteiger partial charge in [-0.2, -0.15) is 5.10 Å². The molecule has 0 atom stereocenters. The molecular formula is C21H24N6O3. The highest BCUT2D eigenvalue weighted by Gasteiger charge is 2.19. The van der Waals surface area contributed by atoms with Crippen molar-refractivity contribution in [1.29, 1.82) is 0 Å². The smallest absolute Gasteiger partial charge is 0.274 e. The molecule has 9 nitrogen and oxygen atoms in total. The minimum Gasteiger partial charge on any atom is -0.497 e. The number of nitrogens with one attached hydrogen (secondary N) is 1. The second-order valence-electron chi connectivity index (χ2n) is 7.02. The SMILES string of the molecule is COc1ccc(OC)c(-c2cc(C(=O)Nc3cnc(N4CCCC4)nc3)n(C)n2)c1. The molecule has 9 heteroatoms. The molecular weight excluding hydrogens is 384 g/mol. The lowest BCUT2D eigenvalue weighted by atomic mass is 10.1. The highest BCUT2D eigenvalue weighted by atomic mass is 16.5. The maximum atomic E-state index is 12.8. The minimum absolute atomic E-state index is 0.296. The van der Waals surface area contributed by atoms with Gasteiger partial charge < -0.3 is 19.7 Å². The highest BCUT2D eigenvalue weighted by molar-refractivity contribution is 6.03. The van der Waals surface area contributed by atoms with E-state index >= 15 is 0 Å². The number of anilines is 2. The maximum Gasteiger partial charge on any atom is 0.274 e. The van der Waals surface area contributed by atoms with Crippen LogP contribution in [0.25, 0.3) is 11.3 Å². The Morgan fingerprint density at radius 1 is 1.07 bits per heavy atom. The van der Waals surface area contributed by atoms with E-state index in [0.717, 1.165) is 31.5 Å². The van der Waals surface area contributed by atoms with Crippen molar-refractivity contribution in [2.45, 2.75) is 12.8 Å². The number of benzene rings is 1. The van der Waals surface area contributed by atoms with Crippen LogP contribution in [0.3, 0.4) is 0 Å². The Hall–Kier alpha value is -3.62. The molecule has 0 saturated carbocycles. The lowest BCUT2D eigenvalue weighted by Gasteiger charge is -2.14. The van der Waals surface area contributed by atoms with Crippen molar-refractivity contribution in [1.82, 2.24) is 19.7 Å². The van der Waals surface area contributed by atoms with Gasteiger partial charge in [0.25, 0.3) is 5.91 Å². The molecule has 2 aromatic heterocycles. The first-order valence-corrected chi connectivity index (χ1v) is 9.74. The third-order valence-corrected chi connectivity index (χ3v) is 5.08. The number of methoxy groups -OCH3 is 2. The number of aryl methyl sites for hydroxylation is 1. The summed E-state index contributed by atoms with van der Waals surface area (Å²) in [5.74, 6) is 1.72. The number of rotatable bonds is 6. The van der Waals surface area contributed by atoms with Crippen molar-refractivity contribution in [3.8, 4) is 22.8 Å². The minimum atomic E-state index is -0.296. The fraction of sp³-hybridized carbons (Fsp3) is 0.333. The van der Waals surface area contributed by atoms with Crippen LogP contribution in [0, 0.1) is 0 Å². The fourth-order valence-electron chi connectivity index (χ4n) is 3.49. The summed E-state index contributed by atoms with van der Waals surface area (Å²) in [6, 6.07) is 7.16. The van der Waals surface area contributed by atoms with E-state index in [1.165, 1.54) is 4.68 Å². The molecule has 3 heterocycles. The lowest BCUT2D eigenvalue weighted by Crippen LogP contribution is -2.21. The summed E-state index contributed by atoms with van der Waals surface area (Å²) in [5.41, 5.74) is 2.28. The van der Waals surface area contributed by atoms with E-state index in [2.05, 4.69) is 25.3 Å². The molecule has 1 aromatic carbocycles. The molecule has 0 bridgehead atoms. The van der Waals surface area contributed by atoms with Crippen LogP contribution in [0.15, 0.2) is 36.7 Å². The van der Waals surface area contributed by atoms with Crippen LogP contribution in [0.2, 0.25) is 0 Å². The van der Waals surface area contributed by atoms with Gasteiger partial charge in [-0.15, -0.1) is 0 Å². The zero-order chi connectivity index (χ0) is 21.1. The molecule has 30 heavy (non-hydrogen) atoms. The van der Waals surface area contributed by atoms with Gasteiger partial charge in [-0.05, 0) is 37.1 Å². The zero-order valence-electron chi connectivity index (χ0n) is 17.3. The lowest BCUT2D eigenvalue weighted by molar-refractivity contribution is 0.101. The quantitative estimate of drug-likeness (QED) is 0.670. The average molecular weight is 408 g/mol. The van der Waals surface area contributed by atoms with Crippen LogP contribution < -0.4 is 19.7 Å². The van der Waals surface area contributed by atoms with Crippen LogP contribution in [-0.2, 0) is 7.05 Å². The molecule has 1 amide bonds. The summed E-state index contributed by atoms with van der Waals surface area (Å²) in [6.07, 6.45) is 5.56. The van der Waals surface area contributed by atoms with Gasteiger partial charge in [0, 0.05) is 25.7 Å². The average Bonchev–Trinajstić information content (AvgIpc) is 3.44. The Balaban J connectivity index is 1.54. The maximum absolute atomic E-state index is 12.8. The second-order valence-corrected chi connectivity index (χ2v) is 7.02. The molecule has 0 aliphatic carbocycles. The number of carbonyl (C=O) groups is 1. The number of ether oxygens (including phenoxy) is 2. The van der Waals surface area contributed by atoms with Gasteiger partial charge in [0.15, 0.2) is 0 Å². The number of carbonyl (C=O) groups excluding carboxylic acids is 1. The zero-order valence-corrected chi connectivity index (χ0v) is 17.3. The summed E-state index contributed by atoms with van der Waals surface area (Å²) in [4.78, 5) is 23.7. The van der Waals surface area contributed by atoms with Gasteiger partial charge in [-0.3, -0.25) is 9.48 Å². The first-order valence-electron chi connectivity index (χ1n) is 9.74. The van der Waals surface area contributed by atoms with E-state index in [1.54, 1.807) is 39.7 Å². The molecule has 3 aromatic rings. The van der Waals surface area contributed by atoms with E-state index in [0.29, 0.717) is 34.5 Å². The monoisotopic (exact) mass is 408 g/mol. The molecule has 0 radical (unpaired) electrons. The van der Waals surface area contributed by atoms with Crippen molar-refractivity contribution < 1.29 is 14.3 Å². The Labute approximate surface area is 174 Å². The van der Waals surface area contributed by atoms with Crippen LogP contribution in [0.4, 0.5) is 11.6 Å². The molecule has 0 spiro atoms. The first-order chi connectivity index (χ1) is 14.6. The van der Waals surface area contributed by atoms with Crippen LogP contribution in [0.5, 0.6) is 11.5 Å². The summed E-state index contributed by atoms with van der Waals surface area (Å²) in [6.45, 7) is 1.94.